The summed E-state index contributed by atoms with van der Waals surface area (Å²) in [5.41, 5.74) is 0.268. The van der Waals surface area contributed by atoms with Gasteiger partial charge in [-0.2, -0.15) is 0 Å². The van der Waals surface area contributed by atoms with E-state index in [0.717, 1.165) is 4.47 Å². The number of hydrogen-bond acceptors (Lipinski definition) is 2. The van der Waals surface area contributed by atoms with E-state index in [1.807, 2.05) is 0 Å². The normalized spacial score (nSPS) is 10.3. The Bertz CT molecular complexity index is 308. The van der Waals surface area contributed by atoms with Crippen LogP contribution in [0, 0.1) is 0 Å². The van der Waals surface area contributed by atoms with Crippen molar-refractivity contribution in [1.82, 2.24) is 4.57 Å². The smallest absolute Gasteiger partial charge is 0.352 e. The lowest BCUT2D eigenvalue weighted by Gasteiger charge is -2.03. The topological polar surface area (TPSA) is 51.5 Å². The van der Waals surface area contributed by atoms with Crippen LogP contribution in [-0.2, 0) is 11.3 Å². The van der Waals surface area contributed by atoms with Crippen LogP contribution >= 0.6 is 15.9 Å². The average Bonchev–Trinajstić information content (AvgIpc) is 2.43. The van der Waals surface area contributed by atoms with Crippen LogP contribution in [-0.4, -0.2) is 29.4 Å². The van der Waals surface area contributed by atoms with Gasteiger partial charge in [0.2, 0.25) is 0 Å². The summed E-state index contributed by atoms with van der Waals surface area (Å²) >= 11 is 3.22. The van der Waals surface area contributed by atoms with Gasteiger partial charge >= 0.3 is 5.97 Å². The highest BCUT2D eigenvalue weighted by Crippen LogP contribution is 2.14. The summed E-state index contributed by atoms with van der Waals surface area (Å²) in [6, 6.07) is 1.57. The van der Waals surface area contributed by atoms with Crippen molar-refractivity contribution in [2.45, 2.75) is 6.54 Å². The number of carbonyl (C=O) groups is 1. The number of halogens is 1. The van der Waals surface area contributed by atoms with E-state index < -0.39 is 5.97 Å². The third-order valence-corrected chi connectivity index (χ3v) is 2.05. The summed E-state index contributed by atoms with van der Waals surface area (Å²) < 4.78 is 7.26. The maximum absolute atomic E-state index is 10.7. The van der Waals surface area contributed by atoms with Gasteiger partial charge in [0.15, 0.2) is 0 Å². The number of rotatable bonds is 4. The number of ether oxygens (including phenoxy) is 1. The van der Waals surface area contributed by atoms with Gasteiger partial charge in [0.25, 0.3) is 0 Å². The predicted molar refractivity (Wildman–Crippen MR) is 51.0 cm³/mol. The van der Waals surface area contributed by atoms with E-state index in [9.17, 15) is 4.79 Å². The largest absolute Gasteiger partial charge is 0.477 e. The highest BCUT2D eigenvalue weighted by molar-refractivity contribution is 9.10. The Morgan fingerprint density at radius 1 is 1.77 bits per heavy atom. The molecule has 4 nitrogen and oxygen atoms in total. The molecule has 0 atom stereocenters. The number of aromatic carboxylic acids is 1. The van der Waals surface area contributed by atoms with Crippen molar-refractivity contribution in [3.63, 3.8) is 0 Å². The van der Waals surface area contributed by atoms with Gasteiger partial charge in [0.1, 0.15) is 5.69 Å². The van der Waals surface area contributed by atoms with Gasteiger partial charge in [-0.25, -0.2) is 4.79 Å². The minimum atomic E-state index is -0.929. The molecular formula is C8H10BrNO3. The molecule has 0 aliphatic carbocycles. The highest BCUT2D eigenvalue weighted by Gasteiger charge is 2.10. The number of carboxylic acids is 1. The molecule has 1 heterocycles. The van der Waals surface area contributed by atoms with Crippen LogP contribution in [0.2, 0.25) is 0 Å². The third kappa shape index (κ3) is 2.57. The van der Waals surface area contributed by atoms with Crippen molar-refractivity contribution in [2.24, 2.45) is 0 Å². The van der Waals surface area contributed by atoms with Gasteiger partial charge in [0, 0.05) is 24.3 Å². The van der Waals surface area contributed by atoms with Crippen LogP contribution < -0.4 is 0 Å². The fourth-order valence-electron chi connectivity index (χ4n) is 1.03. The first-order chi connectivity index (χ1) is 6.15. The fourth-order valence-corrected chi connectivity index (χ4v) is 1.49. The van der Waals surface area contributed by atoms with E-state index in [1.54, 1.807) is 23.9 Å². The quantitative estimate of drug-likeness (QED) is 0.880. The first-order valence-electron chi connectivity index (χ1n) is 3.73. The molecule has 5 heteroatoms. The molecule has 0 aliphatic heterocycles. The minimum Gasteiger partial charge on any atom is -0.477 e. The fraction of sp³-hybridized carbons (Fsp3) is 0.375. The second-order valence-electron chi connectivity index (χ2n) is 2.53. The molecule has 72 valence electrons. The van der Waals surface area contributed by atoms with Crippen LogP contribution in [0.15, 0.2) is 16.7 Å². The SMILES string of the molecule is COCCn1cc(Br)cc1C(=O)O. The zero-order chi connectivity index (χ0) is 9.84. The van der Waals surface area contributed by atoms with Gasteiger partial charge in [0.05, 0.1) is 6.61 Å². The van der Waals surface area contributed by atoms with Gasteiger partial charge in [-0.05, 0) is 22.0 Å². The average molecular weight is 248 g/mol. The molecule has 1 rings (SSSR count). The van der Waals surface area contributed by atoms with Crippen LogP contribution in [0.3, 0.4) is 0 Å². The van der Waals surface area contributed by atoms with E-state index in [1.165, 1.54) is 0 Å². The van der Waals surface area contributed by atoms with Crippen molar-refractivity contribution >= 4 is 21.9 Å². The van der Waals surface area contributed by atoms with Gasteiger partial charge < -0.3 is 14.4 Å². The summed E-state index contributed by atoms with van der Waals surface area (Å²) in [5, 5.41) is 8.80. The van der Waals surface area contributed by atoms with E-state index >= 15 is 0 Å². The summed E-state index contributed by atoms with van der Waals surface area (Å²) in [4.78, 5) is 10.7. The maximum Gasteiger partial charge on any atom is 0.352 e. The van der Waals surface area contributed by atoms with Crippen LogP contribution in [0.25, 0.3) is 0 Å². The van der Waals surface area contributed by atoms with Crippen molar-refractivity contribution in [2.75, 3.05) is 13.7 Å². The predicted octanol–water partition coefficient (Wildman–Crippen LogP) is 1.60. The number of carboxylic acid groups (broad SMARTS) is 1. The van der Waals surface area contributed by atoms with Crippen molar-refractivity contribution in [1.29, 1.82) is 0 Å². The second-order valence-corrected chi connectivity index (χ2v) is 3.45. The standard InChI is InChI=1S/C8H10BrNO3/c1-13-3-2-10-5-6(9)4-7(10)8(11)12/h4-5H,2-3H2,1H3,(H,11,12). The Hall–Kier alpha value is -0.810. The molecule has 0 fully saturated rings. The minimum absolute atomic E-state index is 0.268. The molecule has 0 aromatic carbocycles. The highest BCUT2D eigenvalue weighted by atomic mass is 79.9. The first kappa shape index (κ1) is 10.3. The molecule has 0 amide bonds. The Kier molecular flexibility index (Phi) is 3.50. The second kappa shape index (κ2) is 4.43. The van der Waals surface area contributed by atoms with E-state index in [0.29, 0.717) is 13.2 Å². The lowest BCUT2D eigenvalue weighted by Crippen LogP contribution is -2.10. The monoisotopic (exact) mass is 247 g/mol. The van der Waals surface area contributed by atoms with Crippen LogP contribution in [0.5, 0.6) is 0 Å². The number of aromatic nitrogens is 1. The number of methoxy groups -OCH3 is 1. The molecule has 0 spiro atoms. The first-order valence-corrected chi connectivity index (χ1v) is 4.52. The van der Waals surface area contributed by atoms with Gasteiger partial charge in [-0.15, -0.1) is 0 Å². The molecule has 1 aromatic rings. The van der Waals surface area contributed by atoms with E-state index in [-0.39, 0.29) is 5.69 Å². The summed E-state index contributed by atoms with van der Waals surface area (Å²) in [5.74, 6) is -0.929. The molecule has 1 N–H and O–H groups in total. The molecule has 13 heavy (non-hydrogen) atoms. The lowest BCUT2D eigenvalue weighted by atomic mass is 10.4. The molecule has 0 saturated carbocycles. The Morgan fingerprint density at radius 2 is 2.46 bits per heavy atom. The molecular weight excluding hydrogens is 238 g/mol. The van der Waals surface area contributed by atoms with Gasteiger partial charge in [-0.1, -0.05) is 0 Å². The molecule has 0 unspecified atom stereocenters. The number of hydrogen-bond donors (Lipinski definition) is 1. The Labute approximate surface area is 84.2 Å². The van der Waals surface area contributed by atoms with Gasteiger partial charge in [-0.3, -0.25) is 0 Å². The molecule has 1 aromatic heterocycles. The summed E-state index contributed by atoms with van der Waals surface area (Å²) in [6.45, 7) is 1.05. The summed E-state index contributed by atoms with van der Waals surface area (Å²) in [7, 11) is 1.58. The molecule has 0 bridgehead atoms. The Morgan fingerprint density at radius 3 is 3.00 bits per heavy atom. The van der Waals surface area contributed by atoms with Crippen molar-refractivity contribution < 1.29 is 14.6 Å². The Balaban J connectivity index is 2.84. The lowest BCUT2D eigenvalue weighted by molar-refractivity contribution is 0.0682. The van der Waals surface area contributed by atoms with Crippen LogP contribution in [0.4, 0.5) is 0 Å². The van der Waals surface area contributed by atoms with Crippen molar-refractivity contribution in [3.05, 3.63) is 22.4 Å². The van der Waals surface area contributed by atoms with E-state index in [2.05, 4.69) is 15.9 Å². The number of nitrogens with zero attached hydrogens (tertiary/aromatic N) is 1. The summed E-state index contributed by atoms with van der Waals surface area (Å²) in [6.07, 6.45) is 1.72. The molecule has 0 radical (unpaired) electrons. The zero-order valence-electron chi connectivity index (χ0n) is 7.16. The van der Waals surface area contributed by atoms with Crippen molar-refractivity contribution in [3.8, 4) is 0 Å². The molecule has 0 saturated heterocycles. The van der Waals surface area contributed by atoms with Crippen LogP contribution in [0.1, 0.15) is 10.5 Å². The third-order valence-electron chi connectivity index (χ3n) is 1.62. The molecule has 0 aliphatic rings. The maximum atomic E-state index is 10.7. The van der Waals surface area contributed by atoms with E-state index in [4.69, 9.17) is 9.84 Å². The zero-order valence-corrected chi connectivity index (χ0v) is 8.74.